The average Bonchev–Trinajstić information content (AvgIpc) is 3.00. The van der Waals surface area contributed by atoms with Crippen LogP contribution in [-0.2, 0) is 9.53 Å². The summed E-state index contributed by atoms with van der Waals surface area (Å²) in [7, 11) is 1.37. The third-order valence-electron chi connectivity index (χ3n) is 4.54. The standard InChI is InChI=1S/C20H17ClN4O2/c1-12-23-24-20-16(11-18(26)27-2)22-19(13-7-9-14(21)10-8-13)15-5-3-4-6-17(15)25(12)20/h3-10,16H,11H2,1-2H3/t16-/m0/s1. The lowest BCUT2D eigenvalue weighted by molar-refractivity contribution is -0.141. The Morgan fingerprint density at radius 1 is 1.15 bits per heavy atom. The summed E-state index contributed by atoms with van der Waals surface area (Å²) in [5.74, 6) is 1.01. The number of para-hydroxylation sites is 1. The second-order valence-electron chi connectivity index (χ2n) is 6.24. The lowest BCUT2D eigenvalue weighted by atomic mass is 10.0. The Balaban J connectivity index is 1.97. The highest BCUT2D eigenvalue weighted by atomic mass is 35.5. The second kappa shape index (κ2) is 6.96. The number of halogens is 1. The maximum Gasteiger partial charge on any atom is 0.308 e. The maximum atomic E-state index is 12.0. The molecule has 0 aliphatic carbocycles. The number of aromatic nitrogens is 3. The summed E-state index contributed by atoms with van der Waals surface area (Å²) in [5, 5.41) is 9.16. The van der Waals surface area contributed by atoms with Gasteiger partial charge in [0.15, 0.2) is 5.82 Å². The number of hydrogen-bond donors (Lipinski definition) is 0. The van der Waals surface area contributed by atoms with Crippen LogP contribution in [0.3, 0.4) is 0 Å². The molecule has 2 aromatic carbocycles. The number of aryl methyl sites for hydroxylation is 1. The molecule has 0 amide bonds. The Morgan fingerprint density at radius 3 is 2.63 bits per heavy atom. The van der Waals surface area contributed by atoms with Gasteiger partial charge >= 0.3 is 5.97 Å². The fraction of sp³-hybridized carbons (Fsp3) is 0.200. The molecule has 1 atom stereocenters. The number of carbonyl (C=O) groups is 1. The molecule has 0 radical (unpaired) electrons. The third kappa shape index (κ3) is 3.13. The molecule has 0 fully saturated rings. The molecule has 0 saturated carbocycles. The van der Waals surface area contributed by atoms with Crippen LogP contribution in [0.4, 0.5) is 0 Å². The largest absolute Gasteiger partial charge is 0.469 e. The number of ether oxygens (including phenoxy) is 1. The second-order valence-corrected chi connectivity index (χ2v) is 6.68. The third-order valence-corrected chi connectivity index (χ3v) is 4.79. The van der Waals surface area contributed by atoms with Crippen molar-refractivity contribution in [2.75, 3.05) is 7.11 Å². The van der Waals surface area contributed by atoms with Gasteiger partial charge in [0.2, 0.25) is 0 Å². The number of hydrogen-bond acceptors (Lipinski definition) is 5. The average molecular weight is 381 g/mol. The number of methoxy groups -OCH3 is 1. The zero-order valence-corrected chi connectivity index (χ0v) is 15.6. The zero-order valence-electron chi connectivity index (χ0n) is 14.9. The van der Waals surface area contributed by atoms with E-state index >= 15 is 0 Å². The Hall–Kier alpha value is -2.99. The van der Waals surface area contributed by atoms with E-state index in [2.05, 4.69) is 10.2 Å². The van der Waals surface area contributed by atoms with Crippen molar-refractivity contribution in [3.05, 3.63) is 76.3 Å². The summed E-state index contributed by atoms with van der Waals surface area (Å²) < 4.78 is 6.82. The molecule has 136 valence electrons. The number of esters is 1. The minimum Gasteiger partial charge on any atom is -0.469 e. The molecule has 0 unspecified atom stereocenters. The maximum absolute atomic E-state index is 12.0. The summed E-state index contributed by atoms with van der Waals surface area (Å²) in [6.45, 7) is 1.88. The predicted molar refractivity (Wildman–Crippen MR) is 103 cm³/mol. The van der Waals surface area contributed by atoms with Crippen molar-refractivity contribution in [2.24, 2.45) is 4.99 Å². The van der Waals surface area contributed by atoms with Crippen LogP contribution in [0, 0.1) is 6.92 Å². The Kier molecular flexibility index (Phi) is 4.49. The molecule has 6 nitrogen and oxygen atoms in total. The molecular formula is C20H17ClN4O2. The van der Waals surface area contributed by atoms with Gasteiger partial charge < -0.3 is 4.74 Å². The van der Waals surface area contributed by atoms with Gasteiger partial charge in [-0.2, -0.15) is 0 Å². The smallest absolute Gasteiger partial charge is 0.308 e. The first-order chi connectivity index (χ1) is 13.1. The molecule has 1 aliphatic heterocycles. The summed E-state index contributed by atoms with van der Waals surface area (Å²) in [6, 6.07) is 14.9. The molecule has 0 N–H and O–H groups in total. The van der Waals surface area contributed by atoms with E-state index in [0.29, 0.717) is 10.8 Å². The zero-order chi connectivity index (χ0) is 19.0. The number of aliphatic imine (C=N–C) groups is 1. The van der Waals surface area contributed by atoms with Gasteiger partial charge in [-0.1, -0.05) is 41.9 Å². The number of nitrogens with zero attached hydrogens (tertiary/aromatic N) is 4. The van der Waals surface area contributed by atoms with Crippen LogP contribution in [0.15, 0.2) is 53.5 Å². The Labute approximate surface area is 161 Å². The lowest BCUT2D eigenvalue weighted by Crippen LogP contribution is -2.12. The molecule has 1 aromatic heterocycles. The Bertz CT molecular complexity index is 1040. The summed E-state index contributed by atoms with van der Waals surface area (Å²) in [5.41, 5.74) is 3.56. The minimum absolute atomic E-state index is 0.0830. The number of benzene rings is 2. The van der Waals surface area contributed by atoms with Crippen molar-refractivity contribution >= 4 is 23.3 Å². The molecule has 3 aromatic rings. The molecule has 27 heavy (non-hydrogen) atoms. The van der Waals surface area contributed by atoms with Gasteiger partial charge in [0.05, 0.1) is 24.9 Å². The highest BCUT2D eigenvalue weighted by molar-refractivity contribution is 6.30. The molecule has 0 saturated heterocycles. The lowest BCUT2D eigenvalue weighted by Gasteiger charge is -2.12. The Morgan fingerprint density at radius 2 is 1.89 bits per heavy atom. The van der Waals surface area contributed by atoms with Crippen molar-refractivity contribution < 1.29 is 9.53 Å². The number of carbonyl (C=O) groups excluding carboxylic acids is 1. The van der Waals surface area contributed by atoms with Crippen LogP contribution in [0.25, 0.3) is 5.69 Å². The van der Waals surface area contributed by atoms with E-state index in [1.807, 2.05) is 60.0 Å². The van der Waals surface area contributed by atoms with E-state index in [0.717, 1.165) is 28.4 Å². The van der Waals surface area contributed by atoms with Gasteiger partial charge in [-0.15, -0.1) is 10.2 Å². The van der Waals surface area contributed by atoms with Gasteiger partial charge in [-0.05, 0) is 25.1 Å². The van der Waals surface area contributed by atoms with Crippen molar-refractivity contribution in [3.63, 3.8) is 0 Å². The van der Waals surface area contributed by atoms with E-state index in [1.54, 1.807) is 0 Å². The van der Waals surface area contributed by atoms with Gasteiger partial charge in [-0.25, -0.2) is 0 Å². The summed E-state index contributed by atoms with van der Waals surface area (Å²) in [6.07, 6.45) is 0.0830. The van der Waals surface area contributed by atoms with Crippen LogP contribution in [0.2, 0.25) is 5.02 Å². The first kappa shape index (κ1) is 17.4. The monoisotopic (exact) mass is 380 g/mol. The van der Waals surface area contributed by atoms with Crippen molar-refractivity contribution in [1.82, 2.24) is 14.8 Å². The first-order valence-corrected chi connectivity index (χ1v) is 8.88. The van der Waals surface area contributed by atoms with Crippen molar-refractivity contribution in [3.8, 4) is 5.69 Å². The topological polar surface area (TPSA) is 69.4 Å². The van der Waals surface area contributed by atoms with Gasteiger partial charge in [0.25, 0.3) is 0 Å². The molecule has 0 bridgehead atoms. The summed E-state index contributed by atoms with van der Waals surface area (Å²) in [4.78, 5) is 16.9. The van der Waals surface area contributed by atoms with Crippen molar-refractivity contribution in [1.29, 1.82) is 0 Å². The van der Waals surface area contributed by atoms with E-state index in [-0.39, 0.29) is 12.4 Å². The fourth-order valence-electron chi connectivity index (χ4n) is 3.26. The van der Waals surface area contributed by atoms with Crippen molar-refractivity contribution in [2.45, 2.75) is 19.4 Å². The SMILES string of the molecule is COC(=O)C[C@@H]1N=C(c2ccc(Cl)cc2)c2ccccc2-n2c(C)nnc21. The molecule has 2 heterocycles. The van der Waals surface area contributed by atoms with Crippen LogP contribution < -0.4 is 0 Å². The number of fused-ring (bicyclic) bond motifs is 3. The molecule has 7 heteroatoms. The molecule has 4 rings (SSSR count). The molecule has 0 spiro atoms. The quantitative estimate of drug-likeness (QED) is 0.650. The number of rotatable bonds is 3. The van der Waals surface area contributed by atoms with E-state index in [9.17, 15) is 4.79 Å². The van der Waals surface area contributed by atoms with Crippen LogP contribution in [0.1, 0.15) is 35.2 Å². The fourth-order valence-corrected chi connectivity index (χ4v) is 3.39. The minimum atomic E-state index is -0.503. The first-order valence-electron chi connectivity index (χ1n) is 8.50. The van der Waals surface area contributed by atoms with E-state index < -0.39 is 6.04 Å². The van der Waals surface area contributed by atoms with Gasteiger partial charge in [-0.3, -0.25) is 14.4 Å². The predicted octanol–water partition coefficient (Wildman–Crippen LogP) is 3.68. The highest BCUT2D eigenvalue weighted by Crippen LogP contribution is 2.32. The summed E-state index contributed by atoms with van der Waals surface area (Å²) >= 11 is 6.05. The van der Waals surface area contributed by atoms with Crippen LogP contribution in [0.5, 0.6) is 0 Å². The normalized spacial score (nSPS) is 15.4. The van der Waals surface area contributed by atoms with E-state index in [4.69, 9.17) is 21.3 Å². The molecular weight excluding hydrogens is 364 g/mol. The molecule has 1 aliphatic rings. The van der Waals surface area contributed by atoms with Gasteiger partial charge in [0.1, 0.15) is 11.9 Å². The highest BCUT2D eigenvalue weighted by Gasteiger charge is 2.29. The van der Waals surface area contributed by atoms with E-state index in [1.165, 1.54) is 7.11 Å². The van der Waals surface area contributed by atoms with Crippen LogP contribution >= 0.6 is 11.6 Å². The van der Waals surface area contributed by atoms with Gasteiger partial charge in [0, 0.05) is 16.1 Å². The van der Waals surface area contributed by atoms with Crippen LogP contribution in [-0.4, -0.2) is 33.6 Å².